The summed E-state index contributed by atoms with van der Waals surface area (Å²) in [6.07, 6.45) is 0. The van der Waals surface area contributed by atoms with E-state index in [1.54, 1.807) is 11.5 Å². The maximum atomic E-state index is 6.04. The Morgan fingerprint density at radius 2 is 1.00 bits per heavy atom. The van der Waals surface area contributed by atoms with Crippen LogP contribution >= 0.6 is 23.1 Å². The van der Waals surface area contributed by atoms with Crippen molar-refractivity contribution in [3.05, 3.63) is 114 Å². The van der Waals surface area contributed by atoms with Gasteiger partial charge in [0.25, 0.3) is 0 Å². The third-order valence-corrected chi connectivity index (χ3v) is 6.27. The predicted molar refractivity (Wildman–Crippen MR) is 129 cm³/mol. The Labute approximate surface area is 185 Å². The molecule has 0 spiro atoms. The molecule has 1 aromatic heterocycles. The topological polar surface area (TPSA) is 12.9 Å². The number of nitrogens with zero attached hydrogens (tertiary/aromatic N) is 1. The van der Waals surface area contributed by atoms with E-state index in [0.29, 0.717) is 0 Å². The summed E-state index contributed by atoms with van der Waals surface area (Å²) in [7, 11) is 0. The molecule has 0 unspecified atom stereocenters. The lowest BCUT2D eigenvalue weighted by molar-refractivity contribution is 1.51. The fraction of sp³-hybridized carbons (Fsp3) is 0. The van der Waals surface area contributed by atoms with Crippen molar-refractivity contribution < 1.29 is 0 Å². The molecule has 1 nitrogen and oxygen atoms in total. The Morgan fingerprint density at radius 1 is 0.500 bits per heavy atom. The van der Waals surface area contributed by atoms with Gasteiger partial charge in [0.1, 0.15) is 0 Å². The van der Waals surface area contributed by atoms with Gasteiger partial charge in [-0.25, -0.2) is 0 Å². The summed E-state index contributed by atoms with van der Waals surface area (Å²) < 4.78 is 4.86. The Hall–Kier alpha value is -3.20. The highest BCUT2D eigenvalue weighted by Gasteiger charge is 2.18. The van der Waals surface area contributed by atoms with Crippen LogP contribution in [0.3, 0.4) is 0 Å². The lowest BCUT2D eigenvalue weighted by Gasteiger charge is -2.09. The lowest BCUT2D eigenvalue weighted by Crippen LogP contribution is -1.86. The fourth-order valence-electron chi connectivity index (χ4n) is 3.61. The average molecular weight is 424 g/mol. The van der Waals surface area contributed by atoms with Crippen LogP contribution in [0.25, 0.3) is 44.0 Å². The first-order valence-electron chi connectivity index (χ1n) is 9.76. The van der Waals surface area contributed by atoms with Crippen LogP contribution in [0.5, 0.6) is 0 Å². The maximum absolute atomic E-state index is 6.04. The van der Waals surface area contributed by atoms with Crippen molar-refractivity contribution in [2.24, 2.45) is 0 Å². The summed E-state index contributed by atoms with van der Waals surface area (Å²) in [5, 5.41) is 0.750. The quantitative estimate of drug-likeness (QED) is 0.282. The van der Waals surface area contributed by atoms with Gasteiger partial charge in [-0.2, -0.15) is 4.37 Å². The highest BCUT2D eigenvalue weighted by molar-refractivity contribution is 7.10. The van der Waals surface area contributed by atoms with Crippen LogP contribution in [0.1, 0.15) is 0 Å². The van der Waals surface area contributed by atoms with E-state index in [0.717, 1.165) is 21.8 Å². The molecule has 5 rings (SSSR count). The first kappa shape index (κ1) is 18.8. The normalized spacial score (nSPS) is 10.8. The van der Waals surface area contributed by atoms with E-state index in [1.165, 1.54) is 27.1 Å². The summed E-state index contributed by atoms with van der Waals surface area (Å²) in [6, 6.07) is 37.5. The van der Waals surface area contributed by atoms with Crippen LogP contribution < -0.4 is 0 Å². The molecule has 4 aromatic carbocycles. The number of hydrogen-bond acceptors (Lipinski definition) is 2. The van der Waals surface area contributed by atoms with Gasteiger partial charge < -0.3 is 0 Å². The molecule has 0 saturated carbocycles. The molecule has 3 heteroatoms. The largest absolute Gasteiger partial charge is 0.191 e. The minimum atomic E-state index is 0.750. The van der Waals surface area contributed by atoms with Crippen LogP contribution in [0.4, 0.5) is 0 Å². The summed E-state index contributed by atoms with van der Waals surface area (Å²) in [6.45, 7) is 0. The van der Waals surface area contributed by atoms with E-state index >= 15 is 0 Å². The second-order valence-electron chi connectivity index (χ2n) is 7.05. The molecule has 5 aromatic rings. The van der Waals surface area contributed by atoms with Gasteiger partial charge in [-0.1, -0.05) is 109 Å². The van der Waals surface area contributed by atoms with Crippen LogP contribution in [0.15, 0.2) is 109 Å². The number of rotatable bonds is 4. The Morgan fingerprint density at radius 3 is 1.60 bits per heavy atom. The minimum Gasteiger partial charge on any atom is -0.191 e. The molecule has 0 aliphatic rings. The second-order valence-corrected chi connectivity index (χ2v) is 8.26. The summed E-state index contributed by atoms with van der Waals surface area (Å²) >= 11 is 7.59. The molecule has 1 heterocycles. The molecule has 0 aliphatic heterocycles. The molecule has 0 radical (unpaired) electrons. The van der Waals surface area contributed by atoms with Crippen LogP contribution in [0.2, 0.25) is 5.02 Å². The van der Waals surface area contributed by atoms with E-state index in [-0.39, 0.29) is 0 Å². The highest BCUT2D eigenvalue weighted by Crippen LogP contribution is 2.42. The van der Waals surface area contributed by atoms with Crippen molar-refractivity contribution in [1.82, 2.24) is 4.37 Å². The third-order valence-electron chi connectivity index (χ3n) is 5.13. The zero-order valence-electron chi connectivity index (χ0n) is 16.1. The van der Waals surface area contributed by atoms with E-state index < -0.39 is 0 Å². The van der Waals surface area contributed by atoms with Crippen molar-refractivity contribution in [3.63, 3.8) is 0 Å². The fourth-order valence-corrected chi connectivity index (χ4v) is 4.66. The predicted octanol–water partition coefficient (Wildman–Crippen LogP) is 8.46. The van der Waals surface area contributed by atoms with E-state index in [1.807, 2.05) is 36.4 Å². The Bertz CT molecular complexity index is 1200. The molecule has 0 atom stereocenters. The average Bonchev–Trinajstić information content (AvgIpc) is 3.26. The van der Waals surface area contributed by atoms with Crippen molar-refractivity contribution in [2.45, 2.75) is 0 Å². The molecule has 144 valence electrons. The molecule has 0 saturated heterocycles. The standard InChI is InChI=1S/C27H18ClNS/c28-24-17-15-20(16-18-24)19-11-13-21(14-12-19)25-26(22-7-3-1-4-8-22)29-30-27(25)23-9-5-2-6-10-23/h1-18H. The zero-order chi connectivity index (χ0) is 20.3. The number of halogens is 1. The third kappa shape index (κ3) is 3.68. The molecular formula is C27H18ClNS. The first-order chi connectivity index (χ1) is 14.8. The molecular weight excluding hydrogens is 406 g/mol. The first-order valence-corrected chi connectivity index (χ1v) is 10.9. The van der Waals surface area contributed by atoms with Gasteiger partial charge in [0.2, 0.25) is 0 Å². The number of benzene rings is 4. The van der Waals surface area contributed by atoms with Gasteiger partial charge in [-0.05, 0) is 45.9 Å². The van der Waals surface area contributed by atoms with Crippen molar-refractivity contribution >= 4 is 23.1 Å². The van der Waals surface area contributed by atoms with E-state index in [4.69, 9.17) is 16.0 Å². The number of aromatic nitrogens is 1. The Kier molecular flexibility index (Phi) is 5.18. The van der Waals surface area contributed by atoms with Gasteiger partial charge in [-0.15, -0.1) is 0 Å². The molecule has 30 heavy (non-hydrogen) atoms. The van der Waals surface area contributed by atoms with Gasteiger partial charge in [0.05, 0.1) is 10.6 Å². The van der Waals surface area contributed by atoms with Crippen molar-refractivity contribution in [2.75, 3.05) is 0 Å². The summed E-state index contributed by atoms with van der Waals surface area (Å²) in [4.78, 5) is 1.19. The van der Waals surface area contributed by atoms with E-state index in [9.17, 15) is 0 Å². The maximum Gasteiger partial charge on any atom is 0.0925 e. The van der Waals surface area contributed by atoms with Gasteiger partial charge in [0.15, 0.2) is 0 Å². The summed E-state index contributed by atoms with van der Waals surface area (Å²) in [5.41, 5.74) is 8.02. The lowest BCUT2D eigenvalue weighted by atomic mass is 9.95. The molecule has 0 bridgehead atoms. The number of hydrogen-bond donors (Lipinski definition) is 0. The van der Waals surface area contributed by atoms with E-state index in [2.05, 4.69) is 72.8 Å². The monoisotopic (exact) mass is 423 g/mol. The van der Waals surface area contributed by atoms with Crippen LogP contribution in [0, 0.1) is 0 Å². The molecule has 0 amide bonds. The second kappa shape index (κ2) is 8.27. The smallest absolute Gasteiger partial charge is 0.0925 e. The molecule has 0 aliphatic carbocycles. The van der Waals surface area contributed by atoms with Gasteiger partial charge in [-0.3, -0.25) is 0 Å². The Balaban J connectivity index is 1.63. The zero-order valence-corrected chi connectivity index (χ0v) is 17.7. The van der Waals surface area contributed by atoms with Crippen LogP contribution in [-0.2, 0) is 0 Å². The minimum absolute atomic E-state index is 0.750. The molecule has 0 N–H and O–H groups in total. The van der Waals surface area contributed by atoms with Gasteiger partial charge >= 0.3 is 0 Å². The molecule has 0 fully saturated rings. The van der Waals surface area contributed by atoms with Crippen molar-refractivity contribution in [1.29, 1.82) is 0 Å². The van der Waals surface area contributed by atoms with Crippen molar-refractivity contribution in [3.8, 4) is 44.0 Å². The van der Waals surface area contributed by atoms with Gasteiger partial charge in [0, 0.05) is 16.1 Å². The van der Waals surface area contributed by atoms with Crippen LogP contribution in [-0.4, -0.2) is 4.37 Å². The highest BCUT2D eigenvalue weighted by atomic mass is 35.5. The SMILES string of the molecule is Clc1ccc(-c2ccc(-c3c(-c4ccccc4)nsc3-c3ccccc3)cc2)cc1. The summed E-state index contributed by atoms with van der Waals surface area (Å²) in [5.74, 6) is 0.